The van der Waals surface area contributed by atoms with Crippen LogP contribution in [0.25, 0.3) is 0 Å². The molecule has 0 aromatic heterocycles. The minimum atomic E-state index is -0.550. The Bertz CT molecular complexity index is 778. The average molecular weight is 339 g/mol. The number of hydrogen-bond donors (Lipinski definition) is 2. The smallest absolute Gasteiger partial charge is 0.322 e. The van der Waals surface area contributed by atoms with Crippen LogP contribution in [0.3, 0.4) is 0 Å². The van der Waals surface area contributed by atoms with E-state index in [1.807, 2.05) is 37.3 Å². The van der Waals surface area contributed by atoms with Gasteiger partial charge in [-0.15, -0.1) is 0 Å². The van der Waals surface area contributed by atoms with E-state index in [4.69, 9.17) is 10.5 Å². The molecule has 0 aliphatic carbocycles. The van der Waals surface area contributed by atoms with E-state index in [9.17, 15) is 9.59 Å². The second-order valence-corrected chi connectivity index (χ2v) is 6.24. The Morgan fingerprint density at radius 3 is 2.64 bits per heavy atom. The molecule has 6 heteroatoms. The fourth-order valence-electron chi connectivity index (χ4n) is 2.96. The van der Waals surface area contributed by atoms with Crippen molar-refractivity contribution < 1.29 is 14.3 Å². The number of rotatable bonds is 3. The van der Waals surface area contributed by atoms with Crippen molar-refractivity contribution in [3.05, 3.63) is 65.7 Å². The molecule has 1 fully saturated rings. The number of primary amides is 1. The SMILES string of the molecule is CC1(c2ccccc2)CN(C(=O)Nc2cccc(C(N)=O)c2)CCO1. The largest absolute Gasteiger partial charge is 0.367 e. The summed E-state index contributed by atoms with van der Waals surface area (Å²) in [5.74, 6) is -0.529. The second kappa shape index (κ2) is 6.94. The number of morpholine rings is 1. The number of nitrogens with two attached hydrogens (primary N) is 1. The van der Waals surface area contributed by atoms with Gasteiger partial charge in [0.1, 0.15) is 5.60 Å². The van der Waals surface area contributed by atoms with E-state index in [1.54, 1.807) is 29.2 Å². The van der Waals surface area contributed by atoms with Crippen molar-refractivity contribution in [2.75, 3.05) is 25.0 Å². The number of benzene rings is 2. The molecule has 1 aliphatic heterocycles. The van der Waals surface area contributed by atoms with Gasteiger partial charge in [-0.2, -0.15) is 0 Å². The first-order chi connectivity index (χ1) is 12.0. The van der Waals surface area contributed by atoms with E-state index in [0.29, 0.717) is 30.9 Å². The van der Waals surface area contributed by atoms with Crippen LogP contribution in [-0.2, 0) is 10.3 Å². The van der Waals surface area contributed by atoms with Gasteiger partial charge in [0, 0.05) is 17.8 Å². The Hall–Kier alpha value is -2.86. The highest BCUT2D eigenvalue weighted by Gasteiger charge is 2.35. The fourth-order valence-corrected chi connectivity index (χ4v) is 2.96. The van der Waals surface area contributed by atoms with Gasteiger partial charge in [0.25, 0.3) is 0 Å². The second-order valence-electron chi connectivity index (χ2n) is 6.24. The third-order valence-electron chi connectivity index (χ3n) is 4.34. The predicted molar refractivity (Wildman–Crippen MR) is 95.3 cm³/mol. The summed E-state index contributed by atoms with van der Waals surface area (Å²) in [6.45, 7) is 3.39. The zero-order valence-electron chi connectivity index (χ0n) is 14.1. The number of ether oxygens (including phenoxy) is 1. The van der Waals surface area contributed by atoms with Gasteiger partial charge < -0.3 is 20.7 Å². The molecule has 1 heterocycles. The van der Waals surface area contributed by atoms with Gasteiger partial charge in [-0.05, 0) is 30.7 Å². The minimum Gasteiger partial charge on any atom is -0.367 e. The monoisotopic (exact) mass is 339 g/mol. The number of nitrogens with one attached hydrogen (secondary N) is 1. The molecule has 1 saturated heterocycles. The lowest BCUT2D eigenvalue weighted by atomic mass is 9.94. The summed E-state index contributed by atoms with van der Waals surface area (Å²) in [6.07, 6.45) is 0. The molecule has 25 heavy (non-hydrogen) atoms. The molecule has 3 amide bonds. The summed E-state index contributed by atoms with van der Waals surface area (Å²) < 4.78 is 5.95. The highest BCUT2D eigenvalue weighted by atomic mass is 16.5. The van der Waals surface area contributed by atoms with Crippen molar-refractivity contribution in [2.45, 2.75) is 12.5 Å². The van der Waals surface area contributed by atoms with Gasteiger partial charge in [-0.25, -0.2) is 4.79 Å². The van der Waals surface area contributed by atoms with E-state index in [0.717, 1.165) is 5.56 Å². The molecule has 2 aromatic carbocycles. The Balaban J connectivity index is 1.72. The fraction of sp³-hybridized carbons (Fsp3) is 0.263. The number of carbonyl (C=O) groups is 2. The maximum atomic E-state index is 12.6. The molecule has 6 nitrogen and oxygen atoms in total. The lowest BCUT2D eigenvalue weighted by Crippen LogP contribution is -2.51. The molecule has 1 atom stereocenters. The number of hydrogen-bond acceptors (Lipinski definition) is 3. The molecule has 0 radical (unpaired) electrons. The van der Waals surface area contributed by atoms with Crippen LogP contribution in [0.5, 0.6) is 0 Å². The van der Waals surface area contributed by atoms with E-state index in [-0.39, 0.29) is 6.03 Å². The van der Waals surface area contributed by atoms with Crippen molar-refractivity contribution in [1.82, 2.24) is 4.90 Å². The van der Waals surface area contributed by atoms with E-state index in [1.165, 1.54) is 0 Å². The van der Waals surface area contributed by atoms with Gasteiger partial charge >= 0.3 is 6.03 Å². The van der Waals surface area contributed by atoms with Crippen LogP contribution < -0.4 is 11.1 Å². The Labute approximate surface area is 146 Å². The maximum Gasteiger partial charge on any atom is 0.322 e. The van der Waals surface area contributed by atoms with Gasteiger partial charge in [-0.1, -0.05) is 36.4 Å². The van der Waals surface area contributed by atoms with Crippen LogP contribution in [0.4, 0.5) is 10.5 Å². The molecule has 0 bridgehead atoms. The maximum absolute atomic E-state index is 12.6. The average Bonchev–Trinajstić information content (AvgIpc) is 2.63. The first-order valence-electron chi connectivity index (χ1n) is 8.13. The predicted octanol–water partition coefficient (Wildman–Crippen LogP) is 2.57. The molecular formula is C19H21N3O3. The van der Waals surface area contributed by atoms with Crippen molar-refractivity contribution in [3.63, 3.8) is 0 Å². The summed E-state index contributed by atoms with van der Waals surface area (Å²) in [5.41, 5.74) is 6.65. The zero-order chi connectivity index (χ0) is 17.9. The molecule has 1 unspecified atom stereocenters. The highest BCUT2D eigenvalue weighted by Crippen LogP contribution is 2.29. The van der Waals surface area contributed by atoms with E-state index < -0.39 is 11.5 Å². The third-order valence-corrected chi connectivity index (χ3v) is 4.34. The first-order valence-corrected chi connectivity index (χ1v) is 8.13. The van der Waals surface area contributed by atoms with E-state index >= 15 is 0 Å². The van der Waals surface area contributed by atoms with Crippen molar-refractivity contribution in [3.8, 4) is 0 Å². The van der Waals surface area contributed by atoms with Crippen LogP contribution in [0.1, 0.15) is 22.8 Å². The Kier molecular flexibility index (Phi) is 4.72. The van der Waals surface area contributed by atoms with Crippen molar-refractivity contribution in [2.24, 2.45) is 5.73 Å². The topological polar surface area (TPSA) is 84.7 Å². The number of amides is 3. The molecular weight excluding hydrogens is 318 g/mol. The summed E-state index contributed by atoms with van der Waals surface area (Å²) >= 11 is 0. The van der Waals surface area contributed by atoms with Crippen molar-refractivity contribution >= 4 is 17.6 Å². The number of anilines is 1. The number of nitrogens with zero attached hydrogens (tertiary/aromatic N) is 1. The van der Waals surface area contributed by atoms with Gasteiger partial charge in [-0.3, -0.25) is 4.79 Å². The quantitative estimate of drug-likeness (QED) is 0.901. The van der Waals surface area contributed by atoms with Gasteiger partial charge in [0.15, 0.2) is 0 Å². The van der Waals surface area contributed by atoms with Crippen molar-refractivity contribution in [1.29, 1.82) is 0 Å². The lowest BCUT2D eigenvalue weighted by Gasteiger charge is -2.40. The molecule has 0 spiro atoms. The molecule has 0 saturated carbocycles. The summed E-state index contributed by atoms with van der Waals surface area (Å²) in [7, 11) is 0. The number of carbonyl (C=O) groups excluding carboxylic acids is 2. The first kappa shape index (κ1) is 17.0. The van der Waals surface area contributed by atoms with Crippen LogP contribution in [0.15, 0.2) is 54.6 Å². The van der Waals surface area contributed by atoms with Gasteiger partial charge in [0.05, 0.1) is 13.2 Å². The molecule has 2 aromatic rings. The van der Waals surface area contributed by atoms with Crippen LogP contribution in [-0.4, -0.2) is 36.5 Å². The summed E-state index contributed by atoms with van der Waals surface area (Å²) in [5, 5.41) is 2.82. The van der Waals surface area contributed by atoms with Crippen LogP contribution in [0, 0.1) is 0 Å². The standard InChI is InChI=1S/C19H21N3O3/c1-19(15-7-3-2-4-8-15)13-22(10-11-25-19)18(24)21-16-9-5-6-14(12-16)17(20)23/h2-9,12H,10-11,13H2,1H3,(H2,20,23)(H,21,24). The highest BCUT2D eigenvalue weighted by molar-refractivity contribution is 5.95. The Morgan fingerprint density at radius 1 is 1.16 bits per heavy atom. The van der Waals surface area contributed by atoms with Crippen LogP contribution in [0.2, 0.25) is 0 Å². The van der Waals surface area contributed by atoms with Gasteiger partial charge in [0.2, 0.25) is 5.91 Å². The molecule has 1 aliphatic rings. The lowest BCUT2D eigenvalue weighted by molar-refractivity contribution is -0.0894. The third kappa shape index (κ3) is 3.80. The zero-order valence-corrected chi connectivity index (χ0v) is 14.1. The summed E-state index contributed by atoms with van der Waals surface area (Å²) in [6, 6.07) is 16.2. The molecule has 130 valence electrons. The molecule has 3 N–H and O–H groups in total. The molecule has 3 rings (SSSR count). The minimum absolute atomic E-state index is 0.230. The summed E-state index contributed by atoms with van der Waals surface area (Å²) in [4.78, 5) is 25.6. The Morgan fingerprint density at radius 2 is 1.92 bits per heavy atom. The van der Waals surface area contributed by atoms with Crippen LogP contribution >= 0.6 is 0 Å². The van der Waals surface area contributed by atoms with E-state index in [2.05, 4.69) is 5.32 Å². The normalized spacial score (nSPS) is 20.1. The number of urea groups is 1.